The van der Waals surface area contributed by atoms with E-state index >= 15 is 0 Å². The van der Waals surface area contributed by atoms with Crippen molar-refractivity contribution in [2.24, 2.45) is 17.1 Å². The van der Waals surface area contributed by atoms with Crippen LogP contribution in [0.5, 0.6) is 0 Å². The predicted octanol–water partition coefficient (Wildman–Crippen LogP) is 3.63. The highest BCUT2D eigenvalue weighted by Gasteiger charge is 2.53. The van der Waals surface area contributed by atoms with Gasteiger partial charge in [0.15, 0.2) is 0 Å². The molecule has 0 bridgehead atoms. The van der Waals surface area contributed by atoms with Gasteiger partial charge in [0.25, 0.3) is 0 Å². The largest absolute Gasteiger partial charge is 0.378 e. The Hall–Kier alpha value is -0.0800. The molecule has 18 heavy (non-hydrogen) atoms. The van der Waals surface area contributed by atoms with Gasteiger partial charge in [0.2, 0.25) is 0 Å². The zero-order valence-corrected chi connectivity index (χ0v) is 11.7. The van der Waals surface area contributed by atoms with Gasteiger partial charge in [0.1, 0.15) is 0 Å². The van der Waals surface area contributed by atoms with E-state index in [9.17, 15) is 0 Å². The minimum Gasteiger partial charge on any atom is -0.378 e. The molecular weight excluding hydrogens is 222 g/mol. The van der Waals surface area contributed by atoms with E-state index in [-0.39, 0.29) is 0 Å². The van der Waals surface area contributed by atoms with E-state index in [0.717, 1.165) is 18.9 Å². The third kappa shape index (κ3) is 2.34. The van der Waals surface area contributed by atoms with Gasteiger partial charge in [-0.05, 0) is 31.6 Å². The van der Waals surface area contributed by atoms with Crippen LogP contribution in [0.15, 0.2) is 0 Å². The van der Waals surface area contributed by atoms with Crippen LogP contribution in [0.3, 0.4) is 0 Å². The molecule has 3 aliphatic rings. The lowest BCUT2D eigenvalue weighted by Crippen LogP contribution is -2.62. The van der Waals surface area contributed by atoms with E-state index < -0.39 is 0 Å². The standard InChI is InChI=1S/C16H29NO/c17-14-12-15(18-11-8-13-6-5-7-13)16(14)9-3-1-2-4-10-16/h13-15H,1-12,17H2. The summed E-state index contributed by atoms with van der Waals surface area (Å²) >= 11 is 0. The van der Waals surface area contributed by atoms with Crippen molar-refractivity contribution < 1.29 is 4.74 Å². The fourth-order valence-corrected chi connectivity index (χ4v) is 4.25. The van der Waals surface area contributed by atoms with Crippen LogP contribution in [-0.2, 0) is 4.74 Å². The van der Waals surface area contributed by atoms with E-state index in [2.05, 4.69) is 0 Å². The fraction of sp³-hybridized carbons (Fsp3) is 1.00. The number of ether oxygens (including phenoxy) is 1. The highest BCUT2D eigenvalue weighted by atomic mass is 16.5. The number of hydrogen-bond acceptors (Lipinski definition) is 2. The van der Waals surface area contributed by atoms with Crippen LogP contribution in [0.2, 0.25) is 0 Å². The number of rotatable bonds is 4. The van der Waals surface area contributed by atoms with E-state index in [1.807, 2.05) is 0 Å². The second kappa shape index (κ2) is 5.50. The molecule has 0 aromatic heterocycles. The first-order valence-corrected chi connectivity index (χ1v) is 8.18. The Morgan fingerprint density at radius 2 is 1.72 bits per heavy atom. The normalized spacial score (nSPS) is 35.8. The lowest BCUT2D eigenvalue weighted by molar-refractivity contribution is -0.137. The third-order valence-corrected chi connectivity index (χ3v) is 5.95. The topological polar surface area (TPSA) is 35.2 Å². The molecule has 3 aliphatic carbocycles. The monoisotopic (exact) mass is 251 g/mol. The first-order valence-electron chi connectivity index (χ1n) is 8.18. The van der Waals surface area contributed by atoms with E-state index in [0.29, 0.717) is 17.6 Å². The zero-order valence-electron chi connectivity index (χ0n) is 11.7. The highest BCUT2D eigenvalue weighted by molar-refractivity contribution is 5.06. The first-order chi connectivity index (χ1) is 8.81. The van der Waals surface area contributed by atoms with E-state index in [1.165, 1.54) is 64.2 Å². The molecule has 0 aromatic rings. The van der Waals surface area contributed by atoms with Crippen molar-refractivity contribution in [3.05, 3.63) is 0 Å². The van der Waals surface area contributed by atoms with E-state index in [1.54, 1.807) is 0 Å². The van der Waals surface area contributed by atoms with Crippen LogP contribution in [-0.4, -0.2) is 18.8 Å². The summed E-state index contributed by atoms with van der Waals surface area (Å²) in [5.41, 5.74) is 6.71. The van der Waals surface area contributed by atoms with Gasteiger partial charge < -0.3 is 10.5 Å². The molecule has 0 saturated heterocycles. The van der Waals surface area contributed by atoms with Crippen molar-refractivity contribution in [1.29, 1.82) is 0 Å². The summed E-state index contributed by atoms with van der Waals surface area (Å²) in [6.07, 6.45) is 15.4. The average Bonchev–Trinajstić information content (AvgIpc) is 2.58. The summed E-state index contributed by atoms with van der Waals surface area (Å²) in [5, 5.41) is 0. The smallest absolute Gasteiger partial charge is 0.0661 e. The molecule has 0 aromatic carbocycles. The molecule has 2 atom stereocenters. The molecule has 0 heterocycles. The van der Waals surface area contributed by atoms with Crippen molar-refractivity contribution in [2.75, 3.05) is 6.61 Å². The third-order valence-electron chi connectivity index (χ3n) is 5.95. The molecule has 2 heteroatoms. The molecule has 3 rings (SSSR count). The van der Waals surface area contributed by atoms with Gasteiger partial charge in [0, 0.05) is 18.1 Å². The molecular formula is C16H29NO. The zero-order chi connectivity index (χ0) is 12.4. The number of nitrogens with two attached hydrogens (primary N) is 1. The minimum absolute atomic E-state index is 0.371. The summed E-state index contributed by atoms with van der Waals surface area (Å²) in [5.74, 6) is 0.976. The predicted molar refractivity (Wildman–Crippen MR) is 74.4 cm³/mol. The molecule has 0 aliphatic heterocycles. The molecule has 2 nitrogen and oxygen atoms in total. The van der Waals surface area contributed by atoms with Crippen LogP contribution in [0.25, 0.3) is 0 Å². The van der Waals surface area contributed by atoms with Crippen LogP contribution < -0.4 is 5.73 Å². The Morgan fingerprint density at radius 1 is 1.00 bits per heavy atom. The van der Waals surface area contributed by atoms with Crippen molar-refractivity contribution in [1.82, 2.24) is 0 Å². The maximum absolute atomic E-state index is 6.34. The lowest BCUT2D eigenvalue weighted by atomic mass is 9.58. The maximum Gasteiger partial charge on any atom is 0.0661 e. The number of hydrogen-bond donors (Lipinski definition) is 1. The lowest BCUT2D eigenvalue weighted by Gasteiger charge is -2.54. The van der Waals surface area contributed by atoms with Crippen LogP contribution in [0.1, 0.15) is 70.6 Å². The molecule has 2 N–H and O–H groups in total. The Balaban J connectivity index is 1.48. The summed E-state index contributed by atoms with van der Waals surface area (Å²) in [4.78, 5) is 0. The summed E-state index contributed by atoms with van der Waals surface area (Å²) < 4.78 is 6.22. The van der Waals surface area contributed by atoms with E-state index in [4.69, 9.17) is 10.5 Å². The van der Waals surface area contributed by atoms with Crippen molar-refractivity contribution >= 4 is 0 Å². The van der Waals surface area contributed by atoms with Crippen molar-refractivity contribution in [3.63, 3.8) is 0 Å². The van der Waals surface area contributed by atoms with Crippen molar-refractivity contribution in [3.8, 4) is 0 Å². The molecule has 0 amide bonds. The molecule has 2 unspecified atom stereocenters. The fourth-order valence-electron chi connectivity index (χ4n) is 4.25. The van der Waals surface area contributed by atoms with Crippen LogP contribution in [0, 0.1) is 11.3 Å². The van der Waals surface area contributed by atoms with Gasteiger partial charge in [-0.1, -0.05) is 44.9 Å². The summed E-state index contributed by atoms with van der Waals surface area (Å²) in [6, 6.07) is 0.421. The average molecular weight is 251 g/mol. The quantitative estimate of drug-likeness (QED) is 0.828. The Bertz CT molecular complexity index is 266. The second-order valence-corrected chi connectivity index (χ2v) is 6.93. The van der Waals surface area contributed by atoms with Gasteiger partial charge in [-0.15, -0.1) is 0 Å². The molecule has 1 spiro atoms. The maximum atomic E-state index is 6.34. The Labute approximate surface area is 112 Å². The summed E-state index contributed by atoms with van der Waals surface area (Å²) in [7, 11) is 0. The van der Waals surface area contributed by atoms with Gasteiger partial charge in [-0.2, -0.15) is 0 Å². The second-order valence-electron chi connectivity index (χ2n) is 6.93. The Morgan fingerprint density at radius 3 is 2.28 bits per heavy atom. The van der Waals surface area contributed by atoms with Gasteiger partial charge in [-0.25, -0.2) is 0 Å². The molecule has 3 fully saturated rings. The molecule has 104 valence electrons. The van der Waals surface area contributed by atoms with Crippen LogP contribution >= 0.6 is 0 Å². The summed E-state index contributed by atoms with van der Waals surface area (Å²) in [6.45, 7) is 0.990. The van der Waals surface area contributed by atoms with Crippen LogP contribution in [0.4, 0.5) is 0 Å². The van der Waals surface area contributed by atoms with Gasteiger partial charge >= 0.3 is 0 Å². The molecule has 0 radical (unpaired) electrons. The first kappa shape index (κ1) is 12.9. The highest BCUT2D eigenvalue weighted by Crippen LogP contribution is 2.51. The SMILES string of the molecule is NC1CC(OCCC2CCC2)C12CCCCCC2. The van der Waals surface area contributed by atoms with Gasteiger partial charge in [-0.3, -0.25) is 0 Å². The molecule has 3 saturated carbocycles. The Kier molecular flexibility index (Phi) is 3.95. The van der Waals surface area contributed by atoms with Crippen molar-refractivity contribution in [2.45, 2.75) is 82.8 Å². The minimum atomic E-state index is 0.371. The van der Waals surface area contributed by atoms with Gasteiger partial charge in [0.05, 0.1) is 6.10 Å².